The Morgan fingerprint density at radius 2 is 1.75 bits per heavy atom. The van der Waals surface area contributed by atoms with Crippen molar-refractivity contribution in [2.45, 2.75) is 13.8 Å². The number of nitrogens with zero attached hydrogens (tertiary/aromatic N) is 4. The Morgan fingerprint density at radius 3 is 2.50 bits per heavy atom. The first kappa shape index (κ1) is 18.0. The molecule has 0 aliphatic heterocycles. The van der Waals surface area contributed by atoms with Crippen LogP contribution in [0.1, 0.15) is 17.0 Å². The highest BCUT2D eigenvalue weighted by atomic mass is 15.1. The van der Waals surface area contributed by atoms with Crippen molar-refractivity contribution in [2.75, 3.05) is 19.0 Å². The van der Waals surface area contributed by atoms with Gasteiger partial charge >= 0.3 is 0 Å². The van der Waals surface area contributed by atoms with Crippen molar-refractivity contribution in [3.05, 3.63) is 83.8 Å². The van der Waals surface area contributed by atoms with Crippen LogP contribution in [0.3, 0.4) is 0 Å². The van der Waals surface area contributed by atoms with Crippen LogP contribution in [0, 0.1) is 13.8 Å². The number of aryl methyl sites for hydroxylation is 1. The lowest BCUT2D eigenvalue weighted by molar-refractivity contribution is 0.967. The van der Waals surface area contributed by atoms with Gasteiger partial charge in [-0.1, -0.05) is 6.07 Å². The second kappa shape index (κ2) is 7.31. The highest BCUT2D eigenvalue weighted by Crippen LogP contribution is 2.24. The van der Waals surface area contributed by atoms with Crippen LogP contribution in [0.2, 0.25) is 0 Å². The smallest absolute Gasteiger partial charge is 0.0703 e. The number of rotatable bonds is 4. The molecule has 0 fully saturated rings. The number of hydrogen-bond acceptors (Lipinski definition) is 3. The normalized spacial score (nSPS) is 11.4. The number of benzene rings is 2. The Kier molecular flexibility index (Phi) is 4.70. The molecule has 0 aliphatic carbocycles. The Bertz CT molecular complexity index is 1150. The van der Waals surface area contributed by atoms with Crippen LogP contribution in [-0.2, 0) is 0 Å². The Morgan fingerprint density at radius 1 is 0.964 bits per heavy atom. The molecular weight excluding hydrogens is 344 g/mol. The summed E-state index contributed by atoms with van der Waals surface area (Å²) in [5, 5.41) is 1.14. The number of fused-ring (bicyclic) bond motifs is 1. The zero-order valence-corrected chi connectivity index (χ0v) is 16.7. The molecule has 0 saturated carbocycles. The zero-order valence-electron chi connectivity index (χ0n) is 16.7. The van der Waals surface area contributed by atoms with Crippen molar-refractivity contribution in [3.63, 3.8) is 0 Å². The third-order valence-electron chi connectivity index (χ3n) is 5.03. The average Bonchev–Trinajstić information content (AvgIpc) is 2.99. The molecule has 4 nitrogen and oxygen atoms in total. The number of aromatic nitrogens is 2. The predicted molar refractivity (Wildman–Crippen MR) is 119 cm³/mol. The van der Waals surface area contributed by atoms with Gasteiger partial charge in [0.2, 0.25) is 0 Å². The van der Waals surface area contributed by atoms with Gasteiger partial charge in [0.1, 0.15) is 0 Å². The topological polar surface area (TPSA) is 33.4 Å². The van der Waals surface area contributed by atoms with Gasteiger partial charge in [-0.15, -0.1) is 0 Å². The van der Waals surface area contributed by atoms with Gasteiger partial charge < -0.3 is 9.47 Å². The van der Waals surface area contributed by atoms with Crippen molar-refractivity contribution >= 4 is 28.5 Å². The first-order valence-corrected chi connectivity index (χ1v) is 9.38. The minimum Gasteiger partial charge on any atom is -0.378 e. The van der Waals surface area contributed by atoms with Crippen molar-refractivity contribution in [1.29, 1.82) is 0 Å². The molecule has 0 atom stereocenters. The lowest BCUT2D eigenvalue weighted by Gasteiger charge is -2.11. The number of aliphatic imine (C=N–C) groups is 1. The van der Waals surface area contributed by atoms with Crippen molar-refractivity contribution in [2.24, 2.45) is 4.99 Å². The third kappa shape index (κ3) is 3.41. The van der Waals surface area contributed by atoms with E-state index in [9.17, 15) is 0 Å². The molecule has 28 heavy (non-hydrogen) atoms. The number of pyridine rings is 1. The van der Waals surface area contributed by atoms with E-state index in [0.717, 1.165) is 27.8 Å². The maximum atomic E-state index is 4.67. The SMILES string of the molecule is Cc1cc(C=Nc2ccc(N(C)C)cc2)c(C)n1-c1ccc2ncccc2c1. The van der Waals surface area contributed by atoms with Gasteiger partial charge in [-0.25, -0.2) is 0 Å². The van der Waals surface area contributed by atoms with Crippen molar-refractivity contribution in [1.82, 2.24) is 9.55 Å². The summed E-state index contributed by atoms with van der Waals surface area (Å²) in [5.41, 5.74) is 7.76. The van der Waals surface area contributed by atoms with E-state index in [2.05, 4.69) is 75.8 Å². The fourth-order valence-electron chi connectivity index (χ4n) is 3.50. The van der Waals surface area contributed by atoms with Gasteiger partial charge in [-0.05, 0) is 68.4 Å². The van der Waals surface area contributed by atoms with Gasteiger partial charge in [0.05, 0.1) is 11.2 Å². The van der Waals surface area contributed by atoms with Gasteiger partial charge in [0.15, 0.2) is 0 Å². The maximum absolute atomic E-state index is 4.67. The minimum atomic E-state index is 0.951. The summed E-state index contributed by atoms with van der Waals surface area (Å²) < 4.78 is 2.27. The molecule has 0 aliphatic rings. The van der Waals surface area contributed by atoms with E-state index in [1.165, 1.54) is 17.1 Å². The summed E-state index contributed by atoms with van der Waals surface area (Å²) in [7, 11) is 4.08. The Balaban J connectivity index is 1.66. The van der Waals surface area contributed by atoms with Crippen LogP contribution >= 0.6 is 0 Å². The molecule has 4 aromatic rings. The van der Waals surface area contributed by atoms with Gasteiger partial charge in [-0.2, -0.15) is 0 Å². The number of hydrogen-bond donors (Lipinski definition) is 0. The van der Waals surface area contributed by atoms with Gasteiger partial charge in [0.25, 0.3) is 0 Å². The standard InChI is InChI=1S/C24H24N4/c1-17-14-20(16-26-21-7-9-22(10-8-21)27(3)4)18(2)28(17)23-11-12-24-19(15-23)6-5-13-25-24/h5-16H,1-4H3. The highest BCUT2D eigenvalue weighted by molar-refractivity contribution is 5.85. The van der Waals surface area contributed by atoms with Crippen LogP contribution in [0.25, 0.3) is 16.6 Å². The fourth-order valence-corrected chi connectivity index (χ4v) is 3.50. The van der Waals surface area contributed by atoms with Crippen molar-refractivity contribution < 1.29 is 0 Å². The van der Waals surface area contributed by atoms with Crippen LogP contribution in [0.5, 0.6) is 0 Å². The summed E-state index contributed by atoms with van der Waals surface area (Å²) in [6.07, 6.45) is 3.78. The van der Waals surface area contributed by atoms with Gasteiger partial charge in [0, 0.05) is 60.2 Å². The second-order valence-electron chi connectivity index (χ2n) is 7.21. The molecule has 0 radical (unpaired) electrons. The summed E-state index contributed by atoms with van der Waals surface area (Å²) in [6.45, 7) is 4.26. The molecular formula is C24H24N4. The molecule has 2 aromatic carbocycles. The monoisotopic (exact) mass is 368 g/mol. The van der Waals surface area contributed by atoms with E-state index in [1.807, 2.05) is 44.7 Å². The minimum absolute atomic E-state index is 0.951. The largest absolute Gasteiger partial charge is 0.378 e. The average molecular weight is 368 g/mol. The first-order valence-electron chi connectivity index (χ1n) is 9.38. The van der Waals surface area contributed by atoms with Gasteiger partial charge in [-0.3, -0.25) is 9.98 Å². The maximum Gasteiger partial charge on any atom is 0.0703 e. The third-order valence-corrected chi connectivity index (χ3v) is 5.03. The molecule has 0 bridgehead atoms. The molecule has 0 unspecified atom stereocenters. The summed E-state index contributed by atoms with van der Waals surface area (Å²) in [6, 6.07) is 20.9. The lowest BCUT2D eigenvalue weighted by atomic mass is 10.2. The molecule has 140 valence electrons. The van der Waals surface area contributed by atoms with Crippen LogP contribution < -0.4 is 4.90 Å². The highest BCUT2D eigenvalue weighted by Gasteiger charge is 2.10. The first-order chi connectivity index (χ1) is 13.5. The molecule has 0 saturated heterocycles. The van der Waals surface area contributed by atoms with Crippen LogP contribution in [0.15, 0.2) is 71.9 Å². The molecule has 0 spiro atoms. The van der Waals surface area contributed by atoms with E-state index < -0.39 is 0 Å². The molecule has 2 heterocycles. The molecule has 4 rings (SSSR count). The Labute approximate surface area is 165 Å². The van der Waals surface area contributed by atoms with E-state index >= 15 is 0 Å². The van der Waals surface area contributed by atoms with E-state index in [-0.39, 0.29) is 0 Å². The van der Waals surface area contributed by atoms with Crippen LogP contribution in [-0.4, -0.2) is 29.9 Å². The molecule has 4 heteroatoms. The molecule has 0 amide bonds. The van der Waals surface area contributed by atoms with E-state index in [1.54, 1.807) is 0 Å². The van der Waals surface area contributed by atoms with E-state index in [0.29, 0.717) is 0 Å². The fraction of sp³-hybridized carbons (Fsp3) is 0.167. The second-order valence-corrected chi connectivity index (χ2v) is 7.21. The van der Waals surface area contributed by atoms with Crippen LogP contribution in [0.4, 0.5) is 11.4 Å². The predicted octanol–water partition coefficient (Wildman–Crippen LogP) is 5.46. The molecule has 0 N–H and O–H groups in total. The lowest BCUT2D eigenvalue weighted by Crippen LogP contribution is -2.07. The summed E-state index contributed by atoms with van der Waals surface area (Å²) >= 11 is 0. The summed E-state index contributed by atoms with van der Waals surface area (Å²) in [5.74, 6) is 0. The summed E-state index contributed by atoms with van der Waals surface area (Å²) in [4.78, 5) is 11.2. The molecule has 2 aromatic heterocycles. The number of anilines is 1. The van der Waals surface area contributed by atoms with Crippen molar-refractivity contribution in [3.8, 4) is 5.69 Å². The van der Waals surface area contributed by atoms with E-state index in [4.69, 9.17) is 0 Å². The quantitative estimate of drug-likeness (QED) is 0.448. The Hall–Kier alpha value is -3.40. The zero-order chi connectivity index (χ0) is 19.7.